The lowest BCUT2D eigenvalue weighted by Gasteiger charge is -2.41. The molecule has 0 bridgehead atoms. The smallest absolute Gasteiger partial charge is 0.327 e. The number of aromatic nitrogens is 1. The van der Waals surface area contributed by atoms with E-state index in [9.17, 15) is 18.9 Å². The van der Waals surface area contributed by atoms with Gasteiger partial charge in [0.25, 0.3) is 0 Å². The lowest BCUT2D eigenvalue weighted by molar-refractivity contribution is -0.154. The molecule has 1 unspecified atom stereocenters. The molecule has 2 aromatic carbocycles. The van der Waals surface area contributed by atoms with Crippen LogP contribution >= 0.6 is 11.6 Å². The lowest BCUT2D eigenvalue weighted by Crippen LogP contribution is -2.60. The zero-order valence-electron chi connectivity index (χ0n) is 19.6. The maximum Gasteiger partial charge on any atom is 0.327 e. The Bertz CT molecular complexity index is 1300. The van der Waals surface area contributed by atoms with Crippen molar-refractivity contribution in [3.8, 4) is 0 Å². The molecule has 2 fully saturated rings. The minimum atomic E-state index is -1.66. The molecule has 2 saturated heterocycles. The highest BCUT2D eigenvalue weighted by atomic mass is 35.5. The number of fused-ring (bicyclic) bond motifs is 1. The van der Waals surface area contributed by atoms with Crippen molar-refractivity contribution in [2.24, 2.45) is 5.92 Å². The number of carbonyl (C=O) groups is 2. The summed E-state index contributed by atoms with van der Waals surface area (Å²) < 4.78 is 14.8. The van der Waals surface area contributed by atoms with Gasteiger partial charge in [0.1, 0.15) is 17.0 Å². The number of carbonyl (C=O) groups excluding carboxylic acids is 1. The Hall–Kier alpha value is -3.01. The van der Waals surface area contributed by atoms with Crippen molar-refractivity contribution in [1.29, 1.82) is 0 Å². The standard InChI is InChI=1S/C26H27ClN4O4S/c27-21-3-1-20-14-23(4-2-19(20)13-21)36(35)30-16-24(26(33)34)31(25(32)17-30)15-18-7-11-29(12-8-18)22-5-9-28-10-6-22/h1-6,9-10,13-14,18,24H,7-8,11-12,15-17H2,(H,33,34)/t24-,36?/m1/s1. The molecule has 3 aromatic rings. The van der Waals surface area contributed by atoms with Gasteiger partial charge < -0.3 is 14.9 Å². The third kappa shape index (κ3) is 5.23. The molecule has 0 radical (unpaired) electrons. The predicted octanol–water partition coefficient (Wildman–Crippen LogP) is 3.42. The fourth-order valence-electron chi connectivity index (χ4n) is 5.00. The fraction of sp³-hybridized carbons (Fsp3) is 0.346. The Labute approximate surface area is 217 Å². The molecule has 188 valence electrons. The first kappa shape index (κ1) is 24.7. The molecule has 0 spiro atoms. The Balaban J connectivity index is 1.25. The van der Waals surface area contributed by atoms with E-state index in [2.05, 4.69) is 9.88 Å². The highest BCUT2D eigenvalue weighted by molar-refractivity contribution is 7.82. The first-order valence-corrected chi connectivity index (χ1v) is 13.4. The van der Waals surface area contributed by atoms with Crippen LogP contribution in [0, 0.1) is 5.92 Å². The van der Waals surface area contributed by atoms with E-state index in [0.717, 1.165) is 42.4 Å². The van der Waals surface area contributed by atoms with Crippen molar-refractivity contribution in [3.63, 3.8) is 0 Å². The predicted molar refractivity (Wildman–Crippen MR) is 139 cm³/mol. The summed E-state index contributed by atoms with van der Waals surface area (Å²) >= 11 is 6.05. The Morgan fingerprint density at radius 1 is 1.06 bits per heavy atom. The van der Waals surface area contributed by atoms with Crippen LogP contribution in [0.2, 0.25) is 5.02 Å². The number of piperidine rings is 1. The van der Waals surface area contributed by atoms with Crippen molar-refractivity contribution >= 4 is 50.9 Å². The van der Waals surface area contributed by atoms with Crippen molar-refractivity contribution < 1.29 is 18.9 Å². The molecular weight excluding hydrogens is 500 g/mol. The number of carboxylic acid groups (broad SMARTS) is 1. The van der Waals surface area contributed by atoms with Crippen LogP contribution in [0.25, 0.3) is 10.8 Å². The molecule has 5 rings (SSSR count). The normalized spacial score (nSPS) is 20.6. The molecular formula is C26H27ClN4O4S. The average Bonchev–Trinajstić information content (AvgIpc) is 2.89. The fourth-order valence-corrected chi connectivity index (χ4v) is 6.39. The number of anilines is 1. The van der Waals surface area contributed by atoms with Gasteiger partial charge in [0, 0.05) is 49.3 Å². The molecule has 1 aromatic heterocycles. The first-order chi connectivity index (χ1) is 17.4. The van der Waals surface area contributed by atoms with Crippen LogP contribution in [-0.2, 0) is 20.6 Å². The van der Waals surface area contributed by atoms with Gasteiger partial charge in [-0.1, -0.05) is 23.7 Å². The van der Waals surface area contributed by atoms with Crippen molar-refractivity contribution in [1.82, 2.24) is 14.2 Å². The molecule has 36 heavy (non-hydrogen) atoms. The maximum atomic E-state index is 13.3. The molecule has 2 aliphatic rings. The SMILES string of the molecule is O=C(O)[C@H]1CN(S(=O)c2ccc3cc(Cl)ccc3c2)CC(=O)N1CC1CCN(c2ccncc2)CC1. The van der Waals surface area contributed by atoms with E-state index in [-0.39, 0.29) is 24.9 Å². The van der Waals surface area contributed by atoms with Crippen LogP contribution in [0.15, 0.2) is 65.8 Å². The van der Waals surface area contributed by atoms with Crippen molar-refractivity contribution in [2.45, 2.75) is 23.8 Å². The number of hydrogen-bond acceptors (Lipinski definition) is 5. The van der Waals surface area contributed by atoms with Gasteiger partial charge in [0.15, 0.2) is 0 Å². The van der Waals surface area contributed by atoms with Gasteiger partial charge in [-0.3, -0.25) is 9.78 Å². The summed E-state index contributed by atoms with van der Waals surface area (Å²) in [7, 11) is -1.66. The molecule has 1 N–H and O–H groups in total. The summed E-state index contributed by atoms with van der Waals surface area (Å²) in [5, 5.41) is 12.4. The summed E-state index contributed by atoms with van der Waals surface area (Å²) in [4.78, 5) is 33.6. The second-order valence-electron chi connectivity index (χ2n) is 9.26. The van der Waals surface area contributed by atoms with Crippen LogP contribution in [0.5, 0.6) is 0 Å². The van der Waals surface area contributed by atoms with Gasteiger partial charge in [-0.15, -0.1) is 0 Å². The molecule has 1 amide bonds. The minimum Gasteiger partial charge on any atom is -0.480 e. The summed E-state index contributed by atoms with van der Waals surface area (Å²) in [6.07, 6.45) is 5.29. The molecule has 0 aliphatic carbocycles. The molecule has 2 aliphatic heterocycles. The van der Waals surface area contributed by atoms with Gasteiger partial charge in [0.2, 0.25) is 5.91 Å². The molecule has 2 atom stereocenters. The van der Waals surface area contributed by atoms with Crippen molar-refractivity contribution in [3.05, 3.63) is 65.9 Å². The Morgan fingerprint density at radius 3 is 2.47 bits per heavy atom. The quantitative estimate of drug-likeness (QED) is 0.529. The molecule has 10 heteroatoms. The summed E-state index contributed by atoms with van der Waals surface area (Å²) in [5.41, 5.74) is 1.12. The number of hydrogen-bond donors (Lipinski definition) is 1. The number of amides is 1. The zero-order chi connectivity index (χ0) is 25.2. The number of halogens is 1. The van der Waals surface area contributed by atoms with E-state index in [0.29, 0.717) is 16.5 Å². The van der Waals surface area contributed by atoms with E-state index in [1.54, 1.807) is 30.6 Å². The van der Waals surface area contributed by atoms with Gasteiger partial charge in [-0.25, -0.2) is 13.3 Å². The third-order valence-corrected chi connectivity index (χ3v) is 8.62. The van der Waals surface area contributed by atoms with Gasteiger partial charge in [0.05, 0.1) is 11.4 Å². The second-order valence-corrected chi connectivity index (χ2v) is 11.2. The van der Waals surface area contributed by atoms with Crippen LogP contribution in [0.1, 0.15) is 12.8 Å². The summed E-state index contributed by atoms with van der Waals surface area (Å²) in [6, 6.07) is 13.7. The number of aliphatic carboxylic acids is 1. The van der Waals surface area contributed by atoms with Crippen molar-refractivity contribution in [2.75, 3.05) is 37.6 Å². The monoisotopic (exact) mass is 526 g/mol. The largest absolute Gasteiger partial charge is 0.480 e. The van der Waals surface area contributed by atoms with Crippen LogP contribution in [-0.4, -0.2) is 74.1 Å². The lowest BCUT2D eigenvalue weighted by atomic mass is 9.94. The summed E-state index contributed by atoms with van der Waals surface area (Å²) in [6.45, 7) is 2.03. The van der Waals surface area contributed by atoms with Crippen LogP contribution in [0.4, 0.5) is 5.69 Å². The molecule has 0 saturated carbocycles. The van der Waals surface area contributed by atoms with E-state index in [1.807, 2.05) is 30.3 Å². The average molecular weight is 527 g/mol. The zero-order valence-corrected chi connectivity index (χ0v) is 21.2. The highest BCUT2D eigenvalue weighted by Crippen LogP contribution is 2.27. The number of carboxylic acids is 1. The second kappa shape index (κ2) is 10.5. The maximum absolute atomic E-state index is 13.3. The molecule has 3 heterocycles. The van der Waals surface area contributed by atoms with E-state index in [1.165, 1.54) is 9.21 Å². The highest BCUT2D eigenvalue weighted by Gasteiger charge is 2.40. The minimum absolute atomic E-state index is 0.0161. The molecule has 8 nitrogen and oxygen atoms in total. The van der Waals surface area contributed by atoms with E-state index >= 15 is 0 Å². The Kier molecular flexibility index (Phi) is 7.22. The van der Waals surface area contributed by atoms with E-state index < -0.39 is 23.0 Å². The van der Waals surface area contributed by atoms with Crippen LogP contribution in [0.3, 0.4) is 0 Å². The third-order valence-electron chi connectivity index (χ3n) is 6.98. The van der Waals surface area contributed by atoms with E-state index in [4.69, 9.17) is 11.6 Å². The van der Waals surface area contributed by atoms with Gasteiger partial charge in [-0.2, -0.15) is 0 Å². The number of rotatable bonds is 6. The van der Waals surface area contributed by atoms with Gasteiger partial charge in [-0.05, 0) is 65.9 Å². The number of nitrogens with zero attached hydrogens (tertiary/aromatic N) is 4. The van der Waals surface area contributed by atoms with Gasteiger partial charge >= 0.3 is 5.97 Å². The number of benzene rings is 2. The number of pyridine rings is 1. The Morgan fingerprint density at radius 2 is 1.75 bits per heavy atom. The number of piperazine rings is 1. The topological polar surface area (TPSA) is 94.0 Å². The van der Waals surface area contributed by atoms with Crippen LogP contribution < -0.4 is 4.90 Å². The first-order valence-electron chi connectivity index (χ1n) is 11.9. The summed E-state index contributed by atoms with van der Waals surface area (Å²) in [5.74, 6) is -1.16.